The van der Waals surface area contributed by atoms with Crippen molar-refractivity contribution in [2.24, 2.45) is 10.2 Å². The number of hydrogen-bond acceptors (Lipinski definition) is 6. The number of aromatic nitrogens is 1. The number of azo groups is 1. The van der Waals surface area contributed by atoms with E-state index in [1.165, 1.54) is 37.7 Å². The molecule has 0 unspecified atom stereocenters. The molecule has 1 fully saturated rings. The van der Waals surface area contributed by atoms with Gasteiger partial charge in [0, 0.05) is 25.0 Å². The lowest BCUT2D eigenvalue weighted by Crippen LogP contribution is -2.35. The van der Waals surface area contributed by atoms with Crippen LogP contribution in [0.4, 0.5) is 17.2 Å². The van der Waals surface area contributed by atoms with Gasteiger partial charge in [0.25, 0.3) is 10.1 Å². The standard InChI is InChI=1S/C23H28N4O3S/c28-31(29,30)23-19-9-5-13-27-12-4-8-17(22(19)27)14-20(23)25-26-21-11-10-18(15-24-21)16-6-2-1-3-7-16/h10-11,14-16H,1-9,12-13H2,(H,28,29,30). The highest BCUT2D eigenvalue weighted by molar-refractivity contribution is 7.86. The van der Waals surface area contributed by atoms with Crippen LogP contribution in [-0.2, 0) is 23.0 Å². The zero-order chi connectivity index (χ0) is 21.4. The highest BCUT2D eigenvalue weighted by atomic mass is 32.2. The Morgan fingerprint density at radius 2 is 1.77 bits per heavy atom. The summed E-state index contributed by atoms with van der Waals surface area (Å²) in [5.74, 6) is 1.00. The normalized spacial score (nSPS) is 19.6. The Labute approximate surface area is 183 Å². The fourth-order valence-electron chi connectivity index (χ4n) is 5.42. The van der Waals surface area contributed by atoms with Gasteiger partial charge in [-0.2, -0.15) is 8.42 Å². The van der Waals surface area contributed by atoms with Crippen molar-refractivity contribution in [1.29, 1.82) is 0 Å². The molecule has 5 rings (SSSR count). The summed E-state index contributed by atoms with van der Waals surface area (Å²) in [5.41, 5.74) is 4.18. The molecule has 0 bridgehead atoms. The molecule has 7 nitrogen and oxygen atoms in total. The van der Waals surface area contributed by atoms with E-state index in [0.29, 0.717) is 23.7 Å². The lowest BCUT2D eigenvalue weighted by atomic mass is 9.85. The number of hydrogen-bond donors (Lipinski definition) is 1. The smallest absolute Gasteiger partial charge is 0.297 e. The summed E-state index contributed by atoms with van der Waals surface area (Å²) >= 11 is 0. The number of rotatable bonds is 4. The molecule has 1 saturated carbocycles. The summed E-state index contributed by atoms with van der Waals surface area (Å²) in [6.45, 7) is 1.84. The summed E-state index contributed by atoms with van der Waals surface area (Å²) in [6.07, 6.45) is 11.5. The van der Waals surface area contributed by atoms with Crippen molar-refractivity contribution in [3.05, 3.63) is 41.1 Å². The second-order valence-corrected chi connectivity index (χ2v) is 10.2. The average Bonchev–Trinajstić information content (AvgIpc) is 2.78. The topological polar surface area (TPSA) is 95.2 Å². The molecule has 0 amide bonds. The summed E-state index contributed by atoms with van der Waals surface area (Å²) in [7, 11) is -4.43. The van der Waals surface area contributed by atoms with Crippen molar-refractivity contribution in [1.82, 2.24) is 4.98 Å². The molecule has 31 heavy (non-hydrogen) atoms. The monoisotopic (exact) mass is 440 g/mol. The molecule has 0 atom stereocenters. The Bertz CT molecular complexity index is 1100. The number of nitrogens with zero attached hydrogens (tertiary/aromatic N) is 4. The lowest BCUT2D eigenvalue weighted by Gasteiger charge is -2.37. The van der Waals surface area contributed by atoms with Gasteiger partial charge >= 0.3 is 0 Å². The first-order valence-electron chi connectivity index (χ1n) is 11.3. The van der Waals surface area contributed by atoms with Crippen LogP contribution in [-0.4, -0.2) is 31.0 Å². The highest BCUT2D eigenvalue weighted by Crippen LogP contribution is 2.43. The number of anilines is 1. The minimum absolute atomic E-state index is 0.0968. The predicted molar refractivity (Wildman–Crippen MR) is 119 cm³/mol. The van der Waals surface area contributed by atoms with Crippen molar-refractivity contribution in [2.45, 2.75) is 68.6 Å². The van der Waals surface area contributed by atoms with Crippen LogP contribution in [0.5, 0.6) is 0 Å². The molecule has 2 aromatic rings. The van der Waals surface area contributed by atoms with E-state index in [2.05, 4.69) is 26.2 Å². The predicted octanol–water partition coefficient (Wildman–Crippen LogP) is 5.49. The molecule has 8 heteroatoms. The molecule has 1 N–H and O–H groups in total. The van der Waals surface area contributed by atoms with Gasteiger partial charge in [0.15, 0.2) is 5.82 Å². The van der Waals surface area contributed by atoms with Crippen molar-refractivity contribution < 1.29 is 13.0 Å². The van der Waals surface area contributed by atoms with E-state index in [1.807, 2.05) is 12.3 Å². The SMILES string of the molecule is O=S(=O)(O)c1c(N=Nc2ccc(C3CCCCC3)cn2)cc2c3c1CCCN3CCC2. The Morgan fingerprint density at radius 3 is 2.48 bits per heavy atom. The summed E-state index contributed by atoms with van der Waals surface area (Å²) in [5, 5.41) is 8.48. The Hall–Kier alpha value is -2.32. The Balaban J connectivity index is 1.49. The molecule has 0 spiro atoms. The maximum Gasteiger partial charge on any atom is 0.297 e. The Kier molecular flexibility index (Phi) is 5.52. The van der Waals surface area contributed by atoms with Gasteiger partial charge < -0.3 is 4.90 Å². The summed E-state index contributed by atoms with van der Waals surface area (Å²) in [6, 6.07) is 5.67. The van der Waals surface area contributed by atoms with Gasteiger partial charge in [-0.15, -0.1) is 10.2 Å². The number of pyridine rings is 1. The first-order chi connectivity index (χ1) is 15.0. The van der Waals surface area contributed by atoms with Crippen LogP contribution < -0.4 is 4.90 Å². The minimum atomic E-state index is -4.43. The van der Waals surface area contributed by atoms with E-state index in [0.717, 1.165) is 43.6 Å². The van der Waals surface area contributed by atoms with Crippen molar-refractivity contribution in [3.8, 4) is 0 Å². The van der Waals surface area contributed by atoms with Crippen molar-refractivity contribution in [3.63, 3.8) is 0 Å². The third-order valence-corrected chi connectivity index (χ3v) is 7.79. The largest absolute Gasteiger partial charge is 0.371 e. The third-order valence-electron chi connectivity index (χ3n) is 6.82. The molecule has 1 aromatic heterocycles. The first-order valence-corrected chi connectivity index (χ1v) is 12.7. The molecule has 3 heterocycles. The van der Waals surface area contributed by atoms with Gasteiger partial charge in [-0.1, -0.05) is 25.3 Å². The molecule has 2 aliphatic heterocycles. The van der Waals surface area contributed by atoms with Crippen LogP contribution in [0.15, 0.2) is 39.5 Å². The van der Waals surface area contributed by atoms with Crippen LogP contribution >= 0.6 is 0 Å². The minimum Gasteiger partial charge on any atom is -0.371 e. The zero-order valence-electron chi connectivity index (χ0n) is 17.6. The number of aryl methyl sites for hydroxylation is 1. The van der Waals surface area contributed by atoms with E-state index < -0.39 is 10.1 Å². The molecule has 3 aliphatic rings. The molecular weight excluding hydrogens is 412 g/mol. The van der Waals surface area contributed by atoms with Gasteiger partial charge in [0.05, 0.1) is 0 Å². The second-order valence-electron chi connectivity index (χ2n) is 8.86. The first kappa shape index (κ1) is 20.6. The van der Waals surface area contributed by atoms with Gasteiger partial charge in [-0.3, -0.25) is 4.55 Å². The van der Waals surface area contributed by atoms with Crippen molar-refractivity contribution in [2.75, 3.05) is 18.0 Å². The molecule has 1 aliphatic carbocycles. The van der Waals surface area contributed by atoms with Gasteiger partial charge in [0.2, 0.25) is 0 Å². The lowest BCUT2D eigenvalue weighted by molar-refractivity contribution is 0.443. The van der Waals surface area contributed by atoms with E-state index in [9.17, 15) is 13.0 Å². The molecular formula is C23H28N4O3S. The van der Waals surface area contributed by atoms with Crippen LogP contribution in [0.2, 0.25) is 0 Å². The van der Waals surface area contributed by atoms with Crippen LogP contribution in [0.25, 0.3) is 0 Å². The van der Waals surface area contributed by atoms with Gasteiger partial charge in [0.1, 0.15) is 10.6 Å². The van der Waals surface area contributed by atoms with E-state index in [4.69, 9.17) is 0 Å². The maximum absolute atomic E-state index is 12.3. The van der Waals surface area contributed by atoms with Crippen molar-refractivity contribution >= 4 is 27.3 Å². The third kappa shape index (κ3) is 4.11. The molecule has 1 aromatic carbocycles. The zero-order valence-corrected chi connectivity index (χ0v) is 18.4. The van der Waals surface area contributed by atoms with Gasteiger partial charge in [-0.25, -0.2) is 4.98 Å². The highest BCUT2D eigenvalue weighted by Gasteiger charge is 2.32. The van der Waals surface area contributed by atoms with E-state index >= 15 is 0 Å². The van der Waals surface area contributed by atoms with Gasteiger partial charge in [-0.05, 0) is 73.3 Å². The number of benzene rings is 1. The Morgan fingerprint density at radius 1 is 1.00 bits per heavy atom. The quantitative estimate of drug-likeness (QED) is 0.501. The van der Waals surface area contributed by atoms with E-state index in [-0.39, 0.29) is 10.6 Å². The summed E-state index contributed by atoms with van der Waals surface area (Å²) in [4.78, 5) is 6.57. The second kappa shape index (κ2) is 8.31. The van der Waals surface area contributed by atoms with Crippen LogP contribution in [0, 0.1) is 0 Å². The fourth-order valence-corrected chi connectivity index (χ4v) is 6.29. The maximum atomic E-state index is 12.3. The molecule has 164 valence electrons. The molecule has 0 saturated heterocycles. The van der Waals surface area contributed by atoms with Crippen LogP contribution in [0.3, 0.4) is 0 Å². The summed E-state index contributed by atoms with van der Waals surface area (Å²) < 4.78 is 34.6. The van der Waals surface area contributed by atoms with Crippen LogP contribution in [0.1, 0.15) is 67.6 Å². The average molecular weight is 441 g/mol. The van der Waals surface area contributed by atoms with E-state index in [1.54, 1.807) is 6.07 Å². The molecule has 0 radical (unpaired) electrons. The fraction of sp³-hybridized carbons (Fsp3) is 0.522.